The van der Waals surface area contributed by atoms with E-state index < -0.39 is 6.09 Å². The highest BCUT2D eigenvalue weighted by Gasteiger charge is 2.11. The molecule has 0 radical (unpaired) electrons. The third-order valence-electron chi connectivity index (χ3n) is 2.98. The van der Waals surface area contributed by atoms with Crippen molar-refractivity contribution in [1.82, 2.24) is 0 Å². The molecular weight excluding hydrogens is 339 g/mol. The largest absolute Gasteiger partial charge is 0.453 e. The number of carbonyl (C=O) groups excluding carboxylic acids is 2. The summed E-state index contributed by atoms with van der Waals surface area (Å²) in [6, 6.07) is 11.8. The zero-order chi connectivity index (χ0) is 16.8. The Balaban J connectivity index is 2.06. The van der Waals surface area contributed by atoms with E-state index in [0.717, 1.165) is 0 Å². The van der Waals surface area contributed by atoms with Gasteiger partial charge >= 0.3 is 6.09 Å². The summed E-state index contributed by atoms with van der Waals surface area (Å²) in [6.07, 6.45) is -0.538. The van der Waals surface area contributed by atoms with Gasteiger partial charge in [-0.25, -0.2) is 4.79 Å². The van der Waals surface area contributed by atoms with Crippen molar-refractivity contribution in [2.24, 2.45) is 0 Å². The van der Waals surface area contributed by atoms with Crippen LogP contribution >= 0.6 is 23.2 Å². The second kappa shape index (κ2) is 7.85. The van der Waals surface area contributed by atoms with Gasteiger partial charge in [-0.1, -0.05) is 35.3 Å². The Morgan fingerprint density at radius 3 is 2.17 bits per heavy atom. The van der Waals surface area contributed by atoms with Gasteiger partial charge in [-0.2, -0.15) is 0 Å². The van der Waals surface area contributed by atoms with E-state index in [9.17, 15) is 9.59 Å². The number of amides is 2. The first kappa shape index (κ1) is 17.1. The van der Waals surface area contributed by atoms with Crippen molar-refractivity contribution in [3.63, 3.8) is 0 Å². The van der Waals surface area contributed by atoms with E-state index in [4.69, 9.17) is 23.2 Å². The number of hydrogen-bond donors (Lipinski definition) is 2. The zero-order valence-electron chi connectivity index (χ0n) is 12.2. The molecule has 7 heteroatoms. The van der Waals surface area contributed by atoms with Gasteiger partial charge in [0.15, 0.2) is 0 Å². The molecule has 2 amide bonds. The van der Waals surface area contributed by atoms with Crippen molar-refractivity contribution in [2.75, 3.05) is 17.7 Å². The lowest BCUT2D eigenvalue weighted by atomic mass is 10.1. The zero-order valence-corrected chi connectivity index (χ0v) is 13.7. The quantitative estimate of drug-likeness (QED) is 0.859. The summed E-state index contributed by atoms with van der Waals surface area (Å²) in [4.78, 5) is 23.3. The molecule has 0 atom stereocenters. The number of ether oxygens (including phenoxy) is 1. The highest BCUT2D eigenvalue weighted by atomic mass is 35.5. The van der Waals surface area contributed by atoms with Crippen LogP contribution in [0.5, 0.6) is 0 Å². The molecule has 23 heavy (non-hydrogen) atoms. The van der Waals surface area contributed by atoms with Crippen molar-refractivity contribution in [3.05, 3.63) is 58.1 Å². The lowest BCUT2D eigenvalue weighted by molar-refractivity contribution is -0.115. The van der Waals surface area contributed by atoms with Gasteiger partial charge < -0.3 is 10.1 Å². The minimum absolute atomic E-state index is 0.0488. The molecule has 0 fully saturated rings. The van der Waals surface area contributed by atoms with Gasteiger partial charge in [0.25, 0.3) is 0 Å². The van der Waals surface area contributed by atoms with Crippen molar-refractivity contribution >= 4 is 46.6 Å². The Bertz CT molecular complexity index is 715. The maximum Gasteiger partial charge on any atom is 0.411 e. The highest BCUT2D eigenvalue weighted by molar-refractivity contribution is 6.36. The molecule has 0 saturated heterocycles. The molecule has 2 rings (SSSR count). The molecule has 2 N–H and O–H groups in total. The summed E-state index contributed by atoms with van der Waals surface area (Å²) in [6.45, 7) is 0. The van der Waals surface area contributed by atoms with Gasteiger partial charge in [0.1, 0.15) is 0 Å². The monoisotopic (exact) mass is 352 g/mol. The molecule has 0 spiro atoms. The second-order valence-electron chi connectivity index (χ2n) is 4.62. The van der Waals surface area contributed by atoms with E-state index in [1.54, 1.807) is 42.5 Å². The summed E-state index contributed by atoms with van der Waals surface area (Å²) in [5, 5.41) is 6.12. The predicted octanol–water partition coefficient (Wildman–Crippen LogP) is 4.35. The Hall–Kier alpha value is -2.24. The van der Waals surface area contributed by atoms with E-state index in [0.29, 0.717) is 27.0 Å². The van der Waals surface area contributed by atoms with Crippen LogP contribution in [0.3, 0.4) is 0 Å². The fourth-order valence-electron chi connectivity index (χ4n) is 1.91. The molecule has 0 aromatic heterocycles. The maximum absolute atomic E-state index is 12.1. The lowest BCUT2D eigenvalue weighted by Gasteiger charge is -2.10. The minimum Gasteiger partial charge on any atom is -0.453 e. The number of nitrogens with one attached hydrogen (secondary N) is 2. The first-order chi connectivity index (χ1) is 11.0. The van der Waals surface area contributed by atoms with Crippen LogP contribution in [0.1, 0.15) is 5.56 Å². The number of benzene rings is 2. The smallest absolute Gasteiger partial charge is 0.411 e. The van der Waals surface area contributed by atoms with Gasteiger partial charge in [-0.15, -0.1) is 0 Å². The fraction of sp³-hybridized carbons (Fsp3) is 0.125. The van der Waals surface area contributed by atoms with E-state index in [2.05, 4.69) is 15.4 Å². The molecule has 2 aromatic carbocycles. The van der Waals surface area contributed by atoms with E-state index >= 15 is 0 Å². The van der Waals surface area contributed by atoms with Crippen molar-refractivity contribution in [2.45, 2.75) is 6.42 Å². The average molecular weight is 353 g/mol. The van der Waals surface area contributed by atoms with Gasteiger partial charge in [0.2, 0.25) is 5.91 Å². The van der Waals surface area contributed by atoms with Crippen molar-refractivity contribution in [1.29, 1.82) is 0 Å². The Kier molecular flexibility index (Phi) is 5.84. The Morgan fingerprint density at radius 2 is 1.57 bits per heavy atom. The van der Waals surface area contributed by atoms with Gasteiger partial charge in [-0.3, -0.25) is 10.1 Å². The van der Waals surface area contributed by atoms with Gasteiger partial charge in [0, 0.05) is 21.4 Å². The first-order valence-corrected chi connectivity index (χ1v) is 7.43. The SMILES string of the molecule is COC(=O)Nc1cccc(NC(=O)Cc2c(Cl)cccc2Cl)c1. The van der Waals surface area contributed by atoms with Gasteiger partial charge in [-0.05, 0) is 35.9 Å². The number of anilines is 2. The topological polar surface area (TPSA) is 67.4 Å². The molecule has 5 nitrogen and oxygen atoms in total. The minimum atomic E-state index is -0.587. The lowest BCUT2D eigenvalue weighted by Crippen LogP contribution is -2.15. The summed E-state index contributed by atoms with van der Waals surface area (Å²) in [5.41, 5.74) is 1.61. The summed E-state index contributed by atoms with van der Waals surface area (Å²) in [5.74, 6) is -0.268. The highest BCUT2D eigenvalue weighted by Crippen LogP contribution is 2.25. The summed E-state index contributed by atoms with van der Waals surface area (Å²) in [7, 11) is 1.27. The number of halogens is 2. The Morgan fingerprint density at radius 1 is 1.00 bits per heavy atom. The van der Waals surface area contributed by atoms with Crippen molar-refractivity contribution < 1.29 is 14.3 Å². The first-order valence-electron chi connectivity index (χ1n) is 6.67. The summed E-state index contributed by atoms with van der Waals surface area (Å²) < 4.78 is 4.51. The van der Waals surface area contributed by atoms with Crippen LogP contribution in [-0.2, 0) is 16.0 Å². The Labute approximate surface area is 143 Å². The van der Waals surface area contributed by atoms with E-state index in [1.807, 2.05) is 0 Å². The molecule has 0 aliphatic rings. The normalized spacial score (nSPS) is 10.0. The van der Waals surface area contributed by atoms with Crippen molar-refractivity contribution in [3.8, 4) is 0 Å². The van der Waals surface area contributed by atoms with E-state index in [1.165, 1.54) is 7.11 Å². The number of methoxy groups -OCH3 is 1. The van der Waals surface area contributed by atoms with Crippen LogP contribution < -0.4 is 10.6 Å². The molecule has 0 aliphatic heterocycles. The molecule has 0 unspecified atom stereocenters. The number of carbonyl (C=O) groups is 2. The van der Waals surface area contributed by atoms with E-state index in [-0.39, 0.29) is 12.3 Å². The van der Waals surface area contributed by atoms with Crippen LogP contribution in [-0.4, -0.2) is 19.1 Å². The van der Waals surface area contributed by atoms with Gasteiger partial charge in [0.05, 0.1) is 13.5 Å². The molecule has 2 aromatic rings. The van der Waals surface area contributed by atoms with Crippen LogP contribution in [0.25, 0.3) is 0 Å². The average Bonchev–Trinajstić information content (AvgIpc) is 2.51. The molecule has 0 saturated carbocycles. The number of hydrogen-bond acceptors (Lipinski definition) is 3. The third kappa shape index (κ3) is 4.87. The molecule has 0 bridgehead atoms. The number of rotatable bonds is 4. The van der Waals surface area contributed by atoms with Crippen LogP contribution in [0, 0.1) is 0 Å². The van der Waals surface area contributed by atoms with Crippen LogP contribution in [0.4, 0.5) is 16.2 Å². The van der Waals surface area contributed by atoms with Crippen LogP contribution in [0.15, 0.2) is 42.5 Å². The van der Waals surface area contributed by atoms with Crippen LogP contribution in [0.2, 0.25) is 10.0 Å². The third-order valence-corrected chi connectivity index (χ3v) is 3.69. The predicted molar refractivity (Wildman–Crippen MR) is 91.3 cm³/mol. The summed E-state index contributed by atoms with van der Waals surface area (Å²) >= 11 is 12.1. The fourth-order valence-corrected chi connectivity index (χ4v) is 2.44. The molecule has 0 aliphatic carbocycles. The maximum atomic E-state index is 12.1. The standard InChI is InChI=1S/C16H14Cl2N2O3/c1-23-16(22)20-11-5-2-4-10(8-11)19-15(21)9-12-13(17)6-3-7-14(12)18/h2-8H,9H2,1H3,(H,19,21)(H,20,22). The molecule has 120 valence electrons. The second-order valence-corrected chi connectivity index (χ2v) is 5.44. The molecule has 0 heterocycles. The molecular formula is C16H14Cl2N2O3.